The second-order valence-electron chi connectivity index (χ2n) is 2.46. The molecule has 0 bridgehead atoms. The molecule has 5 heteroatoms. The number of aliphatic carboxylic acids is 1. The van der Waals surface area contributed by atoms with E-state index < -0.39 is 12.0 Å². The Morgan fingerprint density at radius 3 is 3.00 bits per heavy atom. The van der Waals surface area contributed by atoms with Crippen LogP contribution in [0.15, 0.2) is 22.8 Å². The van der Waals surface area contributed by atoms with Gasteiger partial charge in [-0.3, -0.25) is 4.79 Å². The molecular formula is C8H9NO4. The van der Waals surface area contributed by atoms with Gasteiger partial charge in [0.2, 0.25) is 6.41 Å². The van der Waals surface area contributed by atoms with Crippen molar-refractivity contribution < 1.29 is 19.1 Å². The van der Waals surface area contributed by atoms with Crippen LogP contribution in [-0.2, 0) is 16.0 Å². The molecule has 1 aromatic heterocycles. The van der Waals surface area contributed by atoms with E-state index in [2.05, 4.69) is 5.32 Å². The van der Waals surface area contributed by atoms with Gasteiger partial charge in [-0.2, -0.15) is 0 Å². The molecule has 1 amide bonds. The van der Waals surface area contributed by atoms with Crippen molar-refractivity contribution in [2.24, 2.45) is 0 Å². The van der Waals surface area contributed by atoms with Crippen LogP contribution in [0.4, 0.5) is 0 Å². The van der Waals surface area contributed by atoms with Gasteiger partial charge in [0.15, 0.2) is 0 Å². The molecule has 1 unspecified atom stereocenters. The van der Waals surface area contributed by atoms with Gasteiger partial charge in [0.25, 0.3) is 0 Å². The molecule has 1 heterocycles. The monoisotopic (exact) mass is 183 g/mol. The van der Waals surface area contributed by atoms with Gasteiger partial charge >= 0.3 is 5.97 Å². The van der Waals surface area contributed by atoms with Crippen LogP contribution in [0.5, 0.6) is 0 Å². The van der Waals surface area contributed by atoms with Gasteiger partial charge in [-0.25, -0.2) is 4.79 Å². The van der Waals surface area contributed by atoms with Crippen molar-refractivity contribution in [3.05, 3.63) is 24.2 Å². The molecule has 0 saturated heterocycles. The highest BCUT2D eigenvalue weighted by molar-refractivity contribution is 5.76. The second-order valence-corrected chi connectivity index (χ2v) is 2.46. The van der Waals surface area contributed by atoms with Crippen molar-refractivity contribution in [1.29, 1.82) is 0 Å². The van der Waals surface area contributed by atoms with Crippen LogP contribution in [0.1, 0.15) is 5.76 Å². The molecule has 0 aliphatic carbocycles. The molecule has 0 fully saturated rings. The first-order valence-electron chi connectivity index (χ1n) is 3.69. The van der Waals surface area contributed by atoms with E-state index in [0.29, 0.717) is 12.2 Å². The molecule has 2 N–H and O–H groups in total. The largest absolute Gasteiger partial charge is 0.480 e. The van der Waals surface area contributed by atoms with E-state index in [4.69, 9.17) is 9.52 Å². The SMILES string of the molecule is O=CNC(Cc1ccco1)C(=O)O. The average Bonchev–Trinajstić information content (AvgIpc) is 2.56. The Kier molecular flexibility index (Phi) is 3.08. The summed E-state index contributed by atoms with van der Waals surface area (Å²) in [6.45, 7) is 0. The van der Waals surface area contributed by atoms with Gasteiger partial charge in [-0.05, 0) is 12.1 Å². The first-order chi connectivity index (χ1) is 6.24. The van der Waals surface area contributed by atoms with Gasteiger partial charge < -0.3 is 14.8 Å². The summed E-state index contributed by atoms with van der Waals surface area (Å²) < 4.78 is 4.94. The van der Waals surface area contributed by atoms with Gasteiger partial charge in [0.05, 0.1) is 6.26 Å². The summed E-state index contributed by atoms with van der Waals surface area (Å²) >= 11 is 0. The maximum atomic E-state index is 10.6. The fourth-order valence-corrected chi connectivity index (χ4v) is 0.930. The predicted molar refractivity (Wildman–Crippen MR) is 43.0 cm³/mol. The van der Waals surface area contributed by atoms with Crippen LogP contribution >= 0.6 is 0 Å². The number of carbonyl (C=O) groups excluding carboxylic acids is 1. The molecule has 1 atom stereocenters. The Hall–Kier alpha value is -1.78. The number of carboxylic acid groups (broad SMARTS) is 1. The molecule has 0 aliphatic heterocycles. The Morgan fingerprint density at radius 2 is 2.54 bits per heavy atom. The standard InChI is InChI=1S/C8H9NO4/c10-5-9-7(8(11)12)4-6-2-1-3-13-6/h1-3,5,7H,4H2,(H,9,10)(H,11,12). The Labute approximate surface area is 74.4 Å². The molecule has 0 aromatic carbocycles. The highest BCUT2D eigenvalue weighted by atomic mass is 16.4. The Balaban J connectivity index is 2.57. The molecule has 5 nitrogen and oxygen atoms in total. The average molecular weight is 183 g/mol. The van der Waals surface area contributed by atoms with Crippen molar-refractivity contribution in [3.63, 3.8) is 0 Å². The maximum absolute atomic E-state index is 10.6. The number of amides is 1. The van der Waals surface area contributed by atoms with E-state index in [1.165, 1.54) is 6.26 Å². The number of rotatable bonds is 5. The topological polar surface area (TPSA) is 79.5 Å². The number of nitrogens with one attached hydrogen (secondary N) is 1. The minimum atomic E-state index is -1.08. The first-order valence-corrected chi connectivity index (χ1v) is 3.69. The third kappa shape index (κ3) is 2.62. The quantitative estimate of drug-likeness (QED) is 0.631. The van der Waals surface area contributed by atoms with E-state index >= 15 is 0 Å². The Morgan fingerprint density at radius 1 is 1.77 bits per heavy atom. The zero-order chi connectivity index (χ0) is 9.68. The number of hydrogen-bond donors (Lipinski definition) is 2. The lowest BCUT2D eigenvalue weighted by Crippen LogP contribution is -2.37. The summed E-state index contributed by atoms with van der Waals surface area (Å²) in [5.74, 6) is -0.551. The van der Waals surface area contributed by atoms with Crippen molar-refractivity contribution in [2.75, 3.05) is 0 Å². The third-order valence-corrected chi connectivity index (χ3v) is 1.55. The summed E-state index contributed by atoms with van der Waals surface area (Å²) in [6, 6.07) is 2.39. The molecule has 0 saturated carbocycles. The maximum Gasteiger partial charge on any atom is 0.326 e. The lowest BCUT2D eigenvalue weighted by atomic mass is 10.2. The summed E-state index contributed by atoms with van der Waals surface area (Å²) in [5.41, 5.74) is 0. The van der Waals surface area contributed by atoms with Gasteiger partial charge in [0, 0.05) is 6.42 Å². The van der Waals surface area contributed by atoms with Crippen LogP contribution < -0.4 is 5.32 Å². The van der Waals surface area contributed by atoms with E-state index in [1.807, 2.05) is 0 Å². The number of carbonyl (C=O) groups is 2. The lowest BCUT2D eigenvalue weighted by Gasteiger charge is -2.08. The molecule has 13 heavy (non-hydrogen) atoms. The highest BCUT2D eigenvalue weighted by Crippen LogP contribution is 2.03. The smallest absolute Gasteiger partial charge is 0.326 e. The normalized spacial score (nSPS) is 12.0. The fraction of sp³-hybridized carbons (Fsp3) is 0.250. The summed E-state index contributed by atoms with van der Waals surface area (Å²) in [5, 5.41) is 10.8. The van der Waals surface area contributed by atoms with Crippen LogP contribution in [0.2, 0.25) is 0 Å². The van der Waals surface area contributed by atoms with E-state index in [0.717, 1.165) is 0 Å². The van der Waals surface area contributed by atoms with Crippen molar-refractivity contribution in [2.45, 2.75) is 12.5 Å². The van der Waals surface area contributed by atoms with Gasteiger partial charge in [-0.1, -0.05) is 0 Å². The number of furan rings is 1. The van der Waals surface area contributed by atoms with Gasteiger partial charge in [-0.15, -0.1) is 0 Å². The molecule has 0 spiro atoms. The molecular weight excluding hydrogens is 174 g/mol. The number of carboxylic acids is 1. The van der Waals surface area contributed by atoms with E-state index in [9.17, 15) is 9.59 Å². The fourth-order valence-electron chi connectivity index (χ4n) is 0.930. The summed E-state index contributed by atoms with van der Waals surface area (Å²) in [6.07, 6.45) is 1.97. The molecule has 1 rings (SSSR count). The minimum absolute atomic E-state index is 0.154. The van der Waals surface area contributed by atoms with Crippen LogP contribution in [-0.4, -0.2) is 23.5 Å². The second kappa shape index (κ2) is 4.30. The molecule has 1 aromatic rings. The van der Waals surface area contributed by atoms with Crippen molar-refractivity contribution in [1.82, 2.24) is 5.32 Å². The molecule has 0 radical (unpaired) electrons. The van der Waals surface area contributed by atoms with E-state index in [1.54, 1.807) is 12.1 Å². The van der Waals surface area contributed by atoms with Crippen molar-refractivity contribution in [3.8, 4) is 0 Å². The van der Waals surface area contributed by atoms with Crippen LogP contribution in [0.25, 0.3) is 0 Å². The predicted octanol–water partition coefficient (Wildman–Crippen LogP) is 0.0213. The zero-order valence-electron chi connectivity index (χ0n) is 6.77. The first kappa shape index (κ1) is 9.31. The van der Waals surface area contributed by atoms with Gasteiger partial charge in [0.1, 0.15) is 11.8 Å². The van der Waals surface area contributed by atoms with E-state index in [-0.39, 0.29) is 6.42 Å². The zero-order valence-corrected chi connectivity index (χ0v) is 6.77. The minimum Gasteiger partial charge on any atom is -0.480 e. The summed E-state index contributed by atoms with van der Waals surface area (Å²) in [7, 11) is 0. The van der Waals surface area contributed by atoms with Crippen molar-refractivity contribution >= 4 is 12.4 Å². The highest BCUT2D eigenvalue weighted by Gasteiger charge is 2.17. The van der Waals surface area contributed by atoms with Crippen LogP contribution in [0, 0.1) is 0 Å². The molecule has 70 valence electrons. The molecule has 0 aliphatic rings. The Bertz CT molecular complexity index is 280. The summed E-state index contributed by atoms with van der Waals surface area (Å²) in [4.78, 5) is 20.6. The number of hydrogen-bond acceptors (Lipinski definition) is 3. The van der Waals surface area contributed by atoms with Crippen LogP contribution in [0.3, 0.4) is 0 Å². The third-order valence-electron chi connectivity index (χ3n) is 1.55. The lowest BCUT2D eigenvalue weighted by molar-refractivity contribution is -0.140.